The van der Waals surface area contributed by atoms with Gasteiger partial charge in [0, 0.05) is 11.5 Å². The zero-order chi connectivity index (χ0) is 17.5. The van der Waals surface area contributed by atoms with Gasteiger partial charge in [0.2, 0.25) is 4.38 Å². The lowest BCUT2D eigenvalue weighted by molar-refractivity contribution is 0.339. The van der Waals surface area contributed by atoms with E-state index in [1.165, 1.54) is 11.1 Å². The minimum atomic E-state index is 0.458. The Hall–Kier alpha value is -1.01. The van der Waals surface area contributed by atoms with E-state index in [0.717, 1.165) is 23.5 Å². The Bertz CT molecular complexity index is 508. The molecule has 0 N–H and O–H groups in total. The molecule has 0 spiro atoms. The SMILES string of the molecule is CCOSC(=S)OCC.c1ccc(CSCc2ccccc2)cc1. The van der Waals surface area contributed by atoms with E-state index >= 15 is 0 Å². The van der Waals surface area contributed by atoms with Gasteiger partial charge >= 0.3 is 0 Å². The van der Waals surface area contributed by atoms with Gasteiger partial charge in [-0.15, -0.1) is 0 Å². The molecule has 0 heterocycles. The van der Waals surface area contributed by atoms with Gasteiger partial charge in [0.1, 0.15) is 0 Å². The maximum Gasteiger partial charge on any atom is 0.247 e. The number of thioether (sulfide) groups is 1. The molecule has 0 saturated carbocycles. The van der Waals surface area contributed by atoms with Crippen molar-refractivity contribution in [2.45, 2.75) is 25.4 Å². The lowest BCUT2D eigenvalue weighted by atomic mass is 10.2. The molecule has 2 rings (SSSR count). The molecule has 2 nitrogen and oxygen atoms in total. The van der Waals surface area contributed by atoms with E-state index in [1.54, 1.807) is 0 Å². The minimum Gasteiger partial charge on any atom is -0.477 e. The topological polar surface area (TPSA) is 18.5 Å². The van der Waals surface area contributed by atoms with Gasteiger partial charge in [-0.3, -0.25) is 0 Å². The third-order valence-electron chi connectivity index (χ3n) is 2.73. The summed E-state index contributed by atoms with van der Waals surface area (Å²) in [6.45, 7) is 5.05. The van der Waals surface area contributed by atoms with Gasteiger partial charge in [0.05, 0.1) is 25.3 Å². The van der Waals surface area contributed by atoms with Crippen LogP contribution in [0.1, 0.15) is 25.0 Å². The summed E-state index contributed by atoms with van der Waals surface area (Å²) in [7, 11) is 0. The van der Waals surface area contributed by atoms with Crippen molar-refractivity contribution in [2.75, 3.05) is 13.2 Å². The summed E-state index contributed by atoms with van der Waals surface area (Å²) in [5.74, 6) is 2.19. The van der Waals surface area contributed by atoms with E-state index in [0.29, 0.717) is 17.6 Å². The Morgan fingerprint density at radius 2 is 1.33 bits per heavy atom. The van der Waals surface area contributed by atoms with Crippen LogP contribution in [0.25, 0.3) is 0 Å². The van der Waals surface area contributed by atoms with Crippen LogP contribution in [0.2, 0.25) is 0 Å². The highest BCUT2D eigenvalue weighted by Gasteiger charge is 1.95. The molecule has 0 radical (unpaired) electrons. The van der Waals surface area contributed by atoms with Crippen LogP contribution in [0.15, 0.2) is 60.7 Å². The zero-order valence-corrected chi connectivity index (χ0v) is 16.6. The van der Waals surface area contributed by atoms with Crippen LogP contribution in [0.4, 0.5) is 0 Å². The van der Waals surface area contributed by atoms with E-state index in [2.05, 4.69) is 60.7 Å². The molecule has 0 atom stereocenters. The van der Waals surface area contributed by atoms with E-state index < -0.39 is 0 Å². The molecule has 2 aromatic carbocycles. The summed E-state index contributed by atoms with van der Waals surface area (Å²) >= 11 is 7.80. The van der Waals surface area contributed by atoms with E-state index in [-0.39, 0.29) is 0 Å². The van der Waals surface area contributed by atoms with E-state index in [4.69, 9.17) is 21.1 Å². The van der Waals surface area contributed by atoms with Crippen molar-refractivity contribution in [2.24, 2.45) is 0 Å². The fourth-order valence-corrected chi connectivity index (χ4v) is 3.28. The summed E-state index contributed by atoms with van der Waals surface area (Å²) in [6, 6.07) is 21.2. The lowest BCUT2D eigenvalue weighted by Crippen LogP contribution is -1.96. The Morgan fingerprint density at radius 3 is 1.75 bits per heavy atom. The second-order valence-electron chi connectivity index (χ2n) is 4.64. The molecule has 0 saturated heterocycles. The molecule has 130 valence electrons. The van der Waals surface area contributed by atoms with Crippen LogP contribution >= 0.6 is 36.0 Å². The van der Waals surface area contributed by atoms with Crippen LogP contribution in [0, 0.1) is 0 Å². The Morgan fingerprint density at radius 1 is 0.833 bits per heavy atom. The van der Waals surface area contributed by atoms with Gasteiger partial charge in [-0.2, -0.15) is 11.8 Å². The van der Waals surface area contributed by atoms with Crippen LogP contribution in [0.3, 0.4) is 0 Å². The minimum absolute atomic E-state index is 0.458. The molecule has 24 heavy (non-hydrogen) atoms. The number of benzene rings is 2. The third-order valence-corrected chi connectivity index (χ3v) is 4.73. The number of rotatable bonds is 7. The largest absolute Gasteiger partial charge is 0.477 e. The first-order valence-corrected chi connectivity index (χ1v) is 10.2. The molecule has 0 fully saturated rings. The van der Waals surface area contributed by atoms with Crippen molar-refractivity contribution in [3.63, 3.8) is 0 Å². The second kappa shape index (κ2) is 14.3. The molecule has 5 heteroatoms. The Kier molecular flexibility index (Phi) is 12.6. The fourth-order valence-electron chi connectivity index (χ4n) is 1.68. The van der Waals surface area contributed by atoms with Crippen LogP contribution < -0.4 is 0 Å². The predicted molar refractivity (Wildman–Crippen MR) is 111 cm³/mol. The highest BCUT2D eigenvalue weighted by Crippen LogP contribution is 2.17. The first-order chi connectivity index (χ1) is 11.8. The van der Waals surface area contributed by atoms with Crippen molar-refractivity contribution in [1.29, 1.82) is 0 Å². The lowest BCUT2D eigenvalue weighted by Gasteiger charge is -2.01. The van der Waals surface area contributed by atoms with Gasteiger partial charge in [-0.05, 0) is 37.2 Å². The van der Waals surface area contributed by atoms with Crippen molar-refractivity contribution < 1.29 is 8.92 Å². The van der Waals surface area contributed by atoms with Crippen LogP contribution in [-0.4, -0.2) is 17.6 Å². The highest BCUT2D eigenvalue weighted by atomic mass is 32.2. The molecule has 0 aliphatic heterocycles. The van der Waals surface area contributed by atoms with Crippen molar-refractivity contribution in [1.82, 2.24) is 0 Å². The molecule has 0 unspecified atom stereocenters. The molecule has 0 aliphatic rings. The molecular formula is C19H24O2S3. The fraction of sp³-hybridized carbons (Fsp3) is 0.316. The monoisotopic (exact) mass is 380 g/mol. The highest BCUT2D eigenvalue weighted by molar-refractivity contribution is 8.19. The van der Waals surface area contributed by atoms with E-state index in [1.807, 2.05) is 25.6 Å². The normalized spacial score (nSPS) is 9.75. The van der Waals surface area contributed by atoms with Crippen molar-refractivity contribution >= 4 is 40.4 Å². The molecule has 0 aliphatic carbocycles. The number of ether oxygens (including phenoxy) is 1. The average molecular weight is 381 g/mol. The first kappa shape index (κ1) is 21.0. The van der Waals surface area contributed by atoms with Gasteiger partial charge in [0.25, 0.3) is 0 Å². The van der Waals surface area contributed by atoms with Gasteiger partial charge in [-0.25, -0.2) is 0 Å². The number of thiocarbonyl (C=S) groups is 1. The first-order valence-electron chi connectivity index (χ1n) is 7.88. The van der Waals surface area contributed by atoms with Crippen LogP contribution in [-0.2, 0) is 20.4 Å². The second-order valence-corrected chi connectivity index (χ2v) is 7.02. The average Bonchev–Trinajstić information content (AvgIpc) is 2.63. The maximum absolute atomic E-state index is 4.91. The Balaban J connectivity index is 0.000000277. The van der Waals surface area contributed by atoms with Crippen molar-refractivity contribution in [3.8, 4) is 0 Å². The molecule has 0 bridgehead atoms. The van der Waals surface area contributed by atoms with Crippen LogP contribution in [0.5, 0.6) is 0 Å². The van der Waals surface area contributed by atoms with Gasteiger partial charge in [-0.1, -0.05) is 60.7 Å². The molecular weight excluding hydrogens is 356 g/mol. The quantitative estimate of drug-likeness (QED) is 0.425. The number of hydrogen-bond acceptors (Lipinski definition) is 5. The van der Waals surface area contributed by atoms with Crippen molar-refractivity contribution in [3.05, 3.63) is 71.8 Å². The predicted octanol–water partition coefficient (Wildman–Crippen LogP) is 6.11. The van der Waals surface area contributed by atoms with Gasteiger partial charge < -0.3 is 8.92 Å². The van der Waals surface area contributed by atoms with Gasteiger partial charge in [0.15, 0.2) is 0 Å². The summed E-state index contributed by atoms with van der Waals surface area (Å²) in [5.41, 5.74) is 2.80. The summed E-state index contributed by atoms with van der Waals surface area (Å²) in [6.07, 6.45) is 0. The standard InChI is InChI=1S/C14H14S.C5H10O2S2/c1-3-7-13(8-4-1)11-15-12-14-9-5-2-6-10-14;1-3-6-5(8)9-7-4-2/h1-10H,11-12H2;3-4H2,1-2H3. The smallest absolute Gasteiger partial charge is 0.247 e. The maximum atomic E-state index is 4.91. The summed E-state index contributed by atoms with van der Waals surface area (Å²) in [5, 5.41) is 0. The Labute approximate surface area is 159 Å². The molecule has 0 amide bonds. The number of hydrogen-bond donors (Lipinski definition) is 0. The molecule has 2 aromatic rings. The molecule has 0 aromatic heterocycles. The van der Waals surface area contributed by atoms with E-state index in [9.17, 15) is 0 Å². The zero-order valence-electron chi connectivity index (χ0n) is 14.1. The summed E-state index contributed by atoms with van der Waals surface area (Å²) < 4.78 is 10.3. The third kappa shape index (κ3) is 10.7. The summed E-state index contributed by atoms with van der Waals surface area (Å²) in [4.78, 5) is 0.